The van der Waals surface area contributed by atoms with Gasteiger partial charge in [-0.15, -0.1) is 0 Å². The zero-order chi connectivity index (χ0) is 24.4. The molecule has 0 spiro atoms. The third-order valence-electron chi connectivity index (χ3n) is 5.50. The van der Waals surface area contributed by atoms with Gasteiger partial charge in [0.1, 0.15) is 17.4 Å². The van der Waals surface area contributed by atoms with Gasteiger partial charge in [0.15, 0.2) is 17.3 Å². The van der Waals surface area contributed by atoms with Crippen LogP contribution in [-0.2, 0) is 6.54 Å². The minimum atomic E-state index is -0.677. The molecule has 8 nitrogen and oxygen atoms in total. The first-order chi connectivity index (χ1) is 16.3. The largest absolute Gasteiger partial charge is 0.494 e. The average molecular weight is 460 g/mol. The minimum absolute atomic E-state index is 0.0570. The number of carbonyl (C=O) groups excluding carboxylic acids is 1. The quantitative estimate of drug-likeness (QED) is 0.534. The molecule has 0 atom stereocenters. The summed E-state index contributed by atoms with van der Waals surface area (Å²) >= 11 is 0. The van der Waals surface area contributed by atoms with Crippen LogP contribution in [-0.4, -0.2) is 28.9 Å². The summed E-state index contributed by atoms with van der Waals surface area (Å²) in [5.41, 5.74) is 0.111. The molecule has 8 heteroatoms. The molecule has 34 heavy (non-hydrogen) atoms. The molecule has 0 saturated carbocycles. The number of rotatable bonds is 7. The fraction of sp³-hybridized carbons (Fsp3) is 0.269. The summed E-state index contributed by atoms with van der Waals surface area (Å²) in [6, 6.07) is 13.5. The molecule has 1 aliphatic heterocycles. The molecule has 0 amide bonds. The highest BCUT2D eigenvalue weighted by atomic mass is 16.7. The molecule has 0 saturated heterocycles. The van der Waals surface area contributed by atoms with Crippen molar-refractivity contribution in [1.82, 2.24) is 4.57 Å². The summed E-state index contributed by atoms with van der Waals surface area (Å²) < 4.78 is 17.4. The maximum Gasteiger partial charge on any atom is 0.271 e. The van der Waals surface area contributed by atoms with E-state index in [0.29, 0.717) is 40.9 Å². The van der Waals surface area contributed by atoms with E-state index in [1.54, 1.807) is 42.5 Å². The van der Waals surface area contributed by atoms with Gasteiger partial charge in [0.2, 0.25) is 12.7 Å². The normalized spacial score (nSPS) is 12.0. The molecule has 1 aromatic heterocycles. The molecule has 0 aliphatic carbocycles. The Balaban J connectivity index is 1.72. The van der Waals surface area contributed by atoms with E-state index in [2.05, 4.69) is 0 Å². The van der Waals surface area contributed by atoms with Crippen LogP contribution in [0.25, 0.3) is 0 Å². The number of carbonyl (C=O) groups is 1. The molecule has 4 rings (SSSR count). The number of benzene rings is 2. The zero-order valence-electron chi connectivity index (χ0n) is 19.1. The van der Waals surface area contributed by atoms with Gasteiger partial charge in [0.25, 0.3) is 5.56 Å². The highest BCUT2D eigenvalue weighted by molar-refractivity contribution is 6.11. The third kappa shape index (κ3) is 4.33. The fourth-order valence-corrected chi connectivity index (χ4v) is 3.70. The van der Waals surface area contributed by atoms with E-state index < -0.39 is 17.2 Å². The number of ether oxygens (including phenoxy) is 3. The van der Waals surface area contributed by atoms with E-state index in [9.17, 15) is 20.0 Å². The van der Waals surface area contributed by atoms with Crippen LogP contribution in [0.1, 0.15) is 46.5 Å². The van der Waals surface area contributed by atoms with Gasteiger partial charge in [-0.25, -0.2) is 0 Å². The van der Waals surface area contributed by atoms with E-state index in [-0.39, 0.29) is 30.0 Å². The molecular formula is C26H24N2O6. The number of hydrogen-bond donors (Lipinski definition) is 1. The Kier molecular flexibility index (Phi) is 6.28. The predicted molar refractivity (Wildman–Crippen MR) is 124 cm³/mol. The number of ketones is 1. The highest BCUT2D eigenvalue weighted by Crippen LogP contribution is 2.33. The van der Waals surface area contributed by atoms with Gasteiger partial charge in [-0.2, -0.15) is 5.26 Å². The maximum atomic E-state index is 13.3. The molecular weight excluding hydrogens is 436 g/mol. The third-order valence-corrected chi connectivity index (χ3v) is 5.50. The van der Waals surface area contributed by atoms with Crippen LogP contribution in [0.3, 0.4) is 0 Å². The Labute approximate surface area is 196 Å². The van der Waals surface area contributed by atoms with Crippen molar-refractivity contribution in [3.63, 3.8) is 0 Å². The summed E-state index contributed by atoms with van der Waals surface area (Å²) in [5.74, 6) is 1.09. The van der Waals surface area contributed by atoms with Crippen LogP contribution in [0.4, 0.5) is 0 Å². The van der Waals surface area contributed by atoms with Crippen molar-refractivity contribution in [2.45, 2.75) is 27.3 Å². The lowest BCUT2D eigenvalue weighted by molar-refractivity contribution is 0.103. The van der Waals surface area contributed by atoms with Gasteiger partial charge in [-0.05, 0) is 60.4 Å². The number of hydrogen-bond acceptors (Lipinski definition) is 7. The lowest BCUT2D eigenvalue weighted by atomic mass is 9.97. The number of fused-ring (bicyclic) bond motifs is 1. The van der Waals surface area contributed by atoms with Crippen LogP contribution < -0.4 is 19.8 Å². The number of aromatic nitrogens is 1. The SMILES string of the molecule is Cc1c(C(=O)c2ccc(OCC(C)C)cc2)c(O)n(Cc2ccc3c(c2)OCO3)c(=O)c1C#N. The molecule has 0 radical (unpaired) electrons. The molecule has 1 aliphatic rings. The second-order valence-electron chi connectivity index (χ2n) is 8.45. The van der Waals surface area contributed by atoms with Gasteiger partial charge in [-0.1, -0.05) is 19.9 Å². The van der Waals surface area contributed by atoms with Crippen LogP contribution >= 0.6 is 0 Å². The smallest absolute Gasteiger partial charge is 0.271 e. The molecule has 1 N–H and O–H groups in total. The Morgan fingerprint density at radius 1 is 1.18 bits per heavy atom. The first-order valence-corrected chi connectivity index (χ1v) is 10.8. The maximum absolute atomic E-state index is 13.3. The van der Waals surface area contributed by atoms with E-state index >= 15 is 0 Å². The standard InChI is InChI=1S/C26H24N2O6/c1-15(2)13-32-19-7-5-18(6-8-19)24(29)23-16(3)20(11-27)25(30)28(26(23)31)12-17-4-9-21-22(10-17)34-14-33-21/h4-10,15,31H,12-14H2,1-3H3. The van der Waals surface area contributed by atoms with E-state index in [0.717, 1.165) is 4.57 Å². The Morgan fingerprint density at radius 3 is 2.56 bits per heavy atom. The molecule has 174 valence electrons. The van der Waals surface area contributed by atoms with E-state index in [4.69, 9.17) is 14.2 Å². The highest BCUT2D eigenvalue weighted by Gasteiger charge is 2.25. The monoisotopic (exact) mass is 460 g/mol. The lowest BCUT2D eigenvalue weighted by Gasteiger charge is -2.16. The summed E-state index contributed by atoms with van der Waals surface area (Å²) in [5, 5.41) is 20.6. The Morgan fingerprint density at radius 2 is 1.88 bits per heavy atom. The van der Waals surface area contributed by atoms with Gasteiger partial charge in [0.05, 0.1) is 18.7 Å². The summed E-state index contributed by atoms with van der Waals surface area (Å²) in [6.07, 6.45) is 0. The molecule has 0 fully saturated rings. The van der Waals surface area contributed by atoms with Gasteiger partial charge >= 0.3 is 0 Å². The predicted octanol–water partition coefficient (Wildman–Crippen LogP) is 3.78. The lowest BCUT2D eigenvalue weighted by Crippen LogP contribution is -2.27. The van der Waals surface area contributed by atoms with Crippen LogP contribution in [0, 0.1) is 24.2 Å². The van der Waals surface area contributed by atoms with Gasteiger partial charge < -0.3 is 19.3 Å². The minimum Gasteiger partial charge on any atom is -0.494 e. The van der Waals surface area contributed by atoms with Crippen LogP contribution in [0.2, 0.25) is 0 Å². The van der Waals surface area contributed by atoms with Crippen molar-refractivity contribution in [1.29, 1.82) is 5.26 Å². The Bertz CT molecular complexity index is 1350. The van der Waals surface area contributed by atoms with E-state index in [1.807, 2.05) is 19.9 Å². The summed E-state index contributed by atoms with van der Waals surface area (Å²) in [6.45, 7) is 6.15. The molecule has 0 bridgehead atoms. The van der Waals surface area contributed by atoms with Gasteiger partial charge in [0, 0.05) is 5.56 Å². The topological polar surface area (TPSA) is 111 Å². The molecule has 3 aromatic rings. The molecule has 2 heterocycles. The average Bonchev–Trinajstić information content (AvgIpc) is 3.29. The van der Waals surface area contributed by atoms with Crippen molar-refractivity contribution in [3.05, 3.63) is 80.6 Å². The number of nitrogens with zero attached hydrogens (tertiary/aromatic N) is 2. The van der Waals surface area contributed by atoms with Crippen LogP contribution in [0.5, 0.6) is 23.1 Å². The molecule has 0 unspecified atom stereocenters. The van der Waals surface area contributed by atoms with Crippen molar-refractivity contribution in [2.24, 2.45) is 5.92 Å². The van der Waals surface area contributed by atoms with Crippen molar-refractivity contribution >= 4 is 5.78 Å². The number of pyridine rings is 1. The Hall–Kier alpha value is -4.25. The summed E-state index contributed by atoms with van der Waals surface area (Å²) in [4.78, 5) is 26.3. The van der Waals surface area contributed by atoms with Crippen molar-refractivity contribution < 1.29 is 24.1 Å². The second kappa shape index (κ2) is 9.32. The number of nitriles is 1. The van der Waals surface area contributed by atoms with Crippen LogP contribution in [0.15, 0.2) is 47.3 Å². The first-order valence-electron chi connectivity index (χ1n) is 10.8. The van der Waals surface area contributed by atoms with Crippen molar-refractivity contribution in [2.75, 3.05) is 13.4 Å². The summed E-state index contributed by atoms with van der Waals surface area (Å²) in [7, 11) is 0. The first kappa shape index (κ1) is 22.9. The fourth-order valence-electron chi connectivity index (χ4n) is 3.70. The molecule has 2 aromatic carbocycles. The van der Waals surface area contributed by atoms with Crippen molar-refractivity contribution in [3.8, 4) is 29.2 Å². The van der Waals surface area contributed by atoms with Gasteiger partial charge in [-0.3, -0.25) is 14.2 Å². The van der Waals surface area contributed by atoms with E-state index in [1.165, 1.54) is 6.92 Å². The zero-order valence-corrected chi connectivity index (χ0v) is 19.1. The second-order valence-corrected chi connectivity index (χ2v) is 8.45. The number of aromatic hydroxyl groups is 1.